The number of amides is 1. The Bertz CT molecular complexity index is 1120. The van der Waals surface area contributed by atoms with Crippen LogP contribution >= 0.6 is 34.9 Å². The lowest BCUT2D eigenvalue weighted by Crippen LogP contribution is -2.19. The number of benzene rings is 2. The molecule has 0 bridgehead atoms. The minimum absolute atomic E-state index is 0.210. The van der Waals surface area contributed by atoms with Crippen LogP contribution < -0.4 is 5.43 Å². The van der Waals surface area contributed by atoms with E-state index in [-0.39, 0.29) is 11.7 Å². The Morgan fingerprint density at radius 3 is 2.76 bits per heavy atom. The minimum Gasteiger partial charge on any atom is -0.463 e. The lowest BCUT2D eigenvalue weighted by molar-refractivity contribution is -0.118. The van der Waals surface area contributed by atoms with Crippen LogP contribution in [0.2, 0.25) is 0 Å². The topological polar surface area (TPSA) is 80.4 Å². The molecule has 6 nitrogen and oxygen atoms in total. The van der Waals surface area contributed by atoms with Crippen molar-refractivity contribution in [2.24, 2.45) is 5.10 Å². The molecule has 9 heteroatoms. The molecule has 0 aliphatic heterocycles. The van der Waals surface area contributed by atoms with E-state index >= 15 is 0 Å². The average molecular weight is 441 g/mol. The third kappa shape index (κ3) is 5.47. The van der Waals surface area contributed by atoms with Crippen LogP contribution in [-0.4, -0.2) is 28.1 Å². The van der Waals surface area contributed by atoms with Crippen LogP contribution in [0, 0.1) is 0 Å². The fraction of sp³-hybridized carbons (Fsp3) is 0.100. The van der Waals surface area contributed by atoms with Crippen LogP contribution in [0.4, 0.5) is 0 Å². The van der Waals surface area contributed by atoms with E-state index in [9.17, 15) is 4.79 Å². The van der Waals surface area contributed by atoms with Gasteiger partial charge < -0.3 is 4.42 Å². The highest BCUT2D eigenvalue weighted by atomic mass is 32.2. The maximum atomic E-state index is 11.9. The van der Waals surface area contributed by atoms with Crippen LogP contribution in [0.15, 0.2) is 79.1 Å². The summed E-state index contributed by atoms with van der Waals surface area (Å²) in [6, 6.07) is 18.2. The molecule has 0 unspecified atom stereocenters. The van der Waals surface area contributed by atoms with Gasteiger partial charge in [0.15, 0.2) is 8.68 Å². The van der Waals surface area contributed by atoms with Crippen molar-refractivity contribution in [2.75, 3.05) is 5.75 Å². The van der Waals surface area contributed by atoms with Gasteiger partial charge in [-0.15, -0.1) is 10.2 Å². The molecule has 1 amide bonds. The lowest BCUT2D eigenvalue weighted by Gasteiger charge is -2.04. The van der Waals surface area contributed by atoms with E-state index < -0.39 is 0 Å². The summed E-state index contributed by atoms with van der Waals surface area (Å²) in [6.07, 6.45) is 3.00. The highest BCUT2D eigenvalue weighted by Gasteiger charge is 2.09. The highest BCUT2D eigenvalue weighted by Crippen LogP contribution is 2.32. The van der Waals surface area contributed by atoms with Gasteiger partial charge in [-0.1, -0.05) is 77.3 Å². The van der Waals surface area contributed by atoms with Crippen molar-refractivity contribution in [3.63, 3.8) is 0 Å². The molecule has 0 atom stereocenters. The second kappa shape index (κ2) is 9.73. The number of rotatable bonds is 8. The number of nitrogens with one attached hydrogen (secondary N) is 1. The molecule has 4 aromatic rings. The van der Waals surface area contributed by atoms with Crippen molar-refractivity contribution >= 4 is 57.8 Å². The van der Waals surface area contributed by atoms with Crippen molar-refractivity contribution < 1.29 is 9.21 Å². The van der Waals surface area contributed by atoms with E-state index in [0.29, 0.717) is 5.76 Å². The van der Waals surface area contributed by atoms with Gasteiger partial charge in [-0.3, -0.25) is 4.79 Å². The molecule has 0 fully saturated rings. The summed E-state index contributed by atoms with van der Waals surface area (Å²) >= 11 is 4.49. The zero-order valence-corrected chi connectivity index (χ0v) is 17.6. The summed E-state index contributed by atoms with van der Waals surface area (Å²) in [7, 11) is 0. The molecule has 0 aliphatic carbocycles. The number of hydrazone groups is 1. The number of fused-ring (bicyclic) bond motifs is 1. The molecule has 146 valence electrons. The summed E-state index contributed by atoms with van der Waals surface area (Å²) in [4.78, 5) is 11.9. The van der Waals surface area contributed by atoms with E-state index in [1.54, 1.807) is 30.2 Å². The fourth-order valence-electron chi connectivity index (χ4n) is 2.56. The molecule has 0 radical (unpaired) electrons. The molecule has 0 saturated heterocycles. The number of hydrogen-bond acceptors (Lipinski definition) is 8. The summed E-state index contributed by atoms with van der Waals surface area (Å²) in [5.74, 6) is 1.41. The Kier molecular flexibility index (Phi) is 6.60. The van der Waals surface area contributed by atoms with Gasteiger partial charge >= 0.3 is 0 Å². The number of thioether (sulfide) groups is 2. The number of carbonyl (C=O) groups excluding carboxylic acids is 1. The monoisotopic (exact) mass is 440 g/mol. The maximum absolute atomic E-state index is 11.9. The Labute approximate surface area is 179 Å². The predicted octanol–water partition coefficient (Wildman–Crippen LogP) is 4.82. The van der Waals surface area contributed by atoms with Crippen LogP contribution in [0.3, 0.4) is 0 Å². The van der Waals surface area contributed by atoms with E-state index in [2.05, 4.69) is 57.1 Å². The van der Waals surface area contributed by atoms with Crippen molar-refractivity contribution in [2.45, 2.75) is 14.4 Å². The SMILES string of the molecule is O=C(CSc1nnc(SCc2cccc3ccccc23)s1)N/N=C\c1ccco1. The average Bonchev–Trinajstić information content (AvgIpc) is 3.43. The molecule has 2 heterocycles. The summed E-state index contributed by atoms with van der Waals surface area (Å²) in [6.45, 7) is 0. The van der Waals surface area contributed by atoms with E-state index in [1.807, 2.05) is 6.07 Å². The second-order valence-corrected chi connectivity index (χ2v) is 9.28. The Hall–Kier alpha value is -2.62. The highest BCUT2D eigenvalue weighted by molar-refractivity contribution is 8.03. The number of furan rings is 1. The smallest absolute Gasteiger partial charge is 0.250 e. The van der Waals surface area contributed by atoms with E-state index in [0.717, 1.165) is 14.4 Å². The third-order valence-corrected chi connectivity index (χ3v) is 7.11. The molecular formula is C20H16N4O2S3. The second-order valence-electron chi connectivity index (χ2n) is 5.86. The van der Waals surface area contributed by atoms with Gasteiger partial charge in [-0.25, -0.2) is 5.43 Å². The van der Waals surface area contributed by atoms with Gasteiger partial charge in [0.25, 0.3) is 5.91 Å². The normalized spacial score (nSPS) is 11.3. The first-order valence-electron chi connectivity index (χ1n) is 8.69. The maximum Gasteiger partial charge on any atom is 0.250 e. The van der Waals surface area contributed by atoms with Gasteiger partial charge in [0.05, 0.1) is 18.2 Å². The summed E-state index contributed by atoms with van der Waals surface area (Å²) in [5, 5.41) is 14.7. The quantitative estimate of drug-likeness (QED) is 0.240. The van der Waals surface area contributed by atoms with Crippen molar-refractivity contribution in [3.05, 3.63) is 72.2 Å². The number of carbonyl (C=O) groups is 1. The first-order chi connectivity index (χ1) is 14.3. The Morgan fingerprint density at radius 1 is 1.07 bits per heavy atom. The molecule has 0 saturated carbocycles. The van der Waals surface area contributed by atoms with Gasteiger partial charge in [0, 0.05) is 5.75 Å². The molecule has 4 rings (SSSR count). The van der Waals surface area contributed by atoms with Gasteiger partial charge in [-0.05, 0) is 28.5 Å². The minimum atomic E-state index is -0.210. The zero-order valence-electron chi connectivity index (χ0n) is 15.1. The van der Waals surface area contributed by atoms with E-state index in [1.165, 1.54) is 45.6 Å². The Balaban J connectivity index is 1.26. The lowest BCUT2D eigenvalue weighted by atomic mass is 10.1. The third-order valence-electron chi connectivity index (χ3n) is 3.87. The molecular weight excluding hydrogens is 424 g/mol. The molecule has 2 aromatic carbocycles. The number of hydrogen-bond donors (Lipinski definition) is 1. The van der Waals surface area contributed by atoms with Gasteiger partial charge in [0.1, 0.15) is 5.76 Å². The van der Waals surface area contributed by atoms with E-state index in [4.69, 9.17) is 4.42 Å². The zero-order chi connectivity index (χ0) is 19.9. The van der Waals surface area contributed by atoms with Crippen molar-refractivity contribution in [1.82, 2.24) is 15.6 Å². The molecule has 0 aliphatic rings. The summed E-state index contributed by atoms with van der Waals surface area (Å²) in [5.41, 5.74) is 3.73. The van der Waals surface area contributed by atoms with Crippen LogP contribution in [0.1, 0.15) is 11.3 Å². The Morgan fingerprint density at radius 2 is 1.90 bits per heavy atom. The van der Waals surface area contributed by atoms with Gasteiger partial charge in [0.2, 0.25) is 0 Å². The van der Waals surface area contributed by atoms with Crippen LogP contribution in [0.5, 0.6) is 0 Å². The molecule has 29 heavy (non-hydrogen) atoms. The standard InChI is InChI=1S/C20H16N4O2S3/c25-18(22-21-11-16-8-4-10-26-16)13-28-20-24-23-19(29-20)27-12-15-7-3-6-14-5-1-2-9-17(14)15/h1-11H,12-13H2,(H,22,25)/b21-11-. The van der Waals surface area contributed by atoms with Gasteiger partial charge in [-0.2, -0.15) is 5.10 Å². The number of nitrogens with zero attached hydrogens (tertiary/aromatic N) is 3. The first kappa shape index (κ1) is 19.7. The largest absolute Gasteiger partial charge is 0.463 e. The van der Waals surface area contributed by atoms with Crippen molar-refractivity contribution in [1.29, 1.82) is 0 Å². The van der Waals surface area contributed by atoms with Crippen LogP contribution in [0.25, 0.3) is 10.8 Å². The molecule has 0 spiro atoms. The number of aromatic nitrogens is 2. The van der Waals surface area contributed by atoms with Crippen LogP contribution in [-0.2, 0) is 10.5 Å². The van der Waals surface area contributed by atoms with Crippen molar-refractivity contribution in [3.8, 4) is 0 Å². The first-order valence-corrected chi connectivity index (χ1v) is 11.5. The fourth-order valence-corrected chi connectivity index (χ4v) is 5.38. The molecule has 1 N–H and O–H groups in total. The molecule has 2 aromatic heterocycles. The summed E-state index contributed by atoms with van der Waals surface area (Å²) < 4.78 is 6.75. The predicted molar refractivity (Wildman–Crippen MR) is 119 cm³/mol.